The molecule has 1 fully saturated rings. The lowest BCUT2D eigenvalue weighted by Crippen LogP contribution is -2.29. The quantitative estimate of drug-likeness (QED) is 0.805. The Morgan fingerprint density at radius 3 is 2.54 bits per heavy atom. The minimum atomic E-state index is -0.489. The third-order valence-electron chi connectivity index (χ3n) is 4.65. The fourth-order valence-electron chi connectivity index (χ4n) is 3.18. The van der Waals surface area contributed by atoms with Crippen LogP contribution in [0.15, 0.2) is 48.5 Å². The molecule has 0 unspecified atom stereocenters. The summed E-state index contributed by atoms with van der Waals surface area (Å²) in [5.74, 6) is -0.423. The fraction of sp³-hybridized carbons (Fsp3) is 0.286. The number of nitrogens with one attached hydrogen (secondary N) is 2. The maximum Gasteiger partial charge on any atom is 0.253 e. The summed E-state index contributed by atoms with van der Waals surface area (Å²) in [4.78, 5) is 38.9. The third-order valence-corrected chi connectivity index (χ3v) is 4.65. The number of amides is 3. The number of carbonyl (C=O) groups excluding carboxylic acids is 3. The Morgan fingerprint density at radius 2 is 1.86 bits per heavy atom. The van der Waals surface area contributed by atoms with E-state index in [1.54, 1.807) is 60.5 Å². The van der Waals surface area contributed by atoms with Crippen LogP contribution in [-0.2, 0) is 9.59 Å². The van der Waals surface area contributed by atoms with Crippen LogP contribution >= 0.6 is 0 Å². The summed E-state index contributed by atoms with van der Waals surface area (Å²) < 4.78 is 5.13. The lowest BCUT2D eigenvalue weighted by atomic mass is 10.1. The average Bonchev–Trinajstić information content (AvgIpc) is 3.10. The van der Waals surface area contributed by atoms with E-state index < -0.39 is 5.92 Å². The van der Waals surface area contributed by atoms with Crippen LogP contribution in [0.1, 0.15) is 23.7 Å². The van der Waals surface area contributed by atoms with E-state index in [9.17, 15) is 14.4 Å². The average molecular weight is 381 g/mol. The molecule has 1 heterocycles. The van der Waals surface area contributed by atoms with Crippen LogP contribution in [0.25, 0.3) is 0 Å². The summed E-state index contributed by atoms with van der Waals surface area (Å²) >= 11 is 0. The Hall–Kier alpha value is -3.35. The second kappa shape index (κ2) is 8.56. The molecule has 0 aromatic heterocycles. The molecule has 1 aliphatic rings. The van der Waals surface area contributed by atoms with Gasteiger partial charge in [-0.05, 0) is 43.3 Å². The highest BCUT2D eigenvalue weighted by molar-refractivity contribution is 6.07. The molecule has 3 amide bonds. The van der Waals surface area contributed by atoms with Crippen molar-refractivity contribution in [3.8, 4) is 5.75 Å². The number of methoxy groups -OCH3 is 1. The van der Waals surface area contributed by atoms with Crippen molar-refractivity contribution in [2.24, 2.45) is 5.92 Å². The van der Waals surface area contributed by atoms with Crippen LogP contribution in [-0.4, -0.2) is 37.9 Å². The second-order valence-corrected chi connectivity index (χ2v) is 6.50. The molecule has 1 saturated heterocycles. The molecule has 0 bridgehead atoms. The van der Waals surface area contributed by atoms with Gasteiger partial charge in [0, 0.05) is 25.2 Å². The monoisotopic (exact) mass is 381 g/mol. The van der Waals surface area contributed by atoms with Gasteiger partial charge in [0.2, 0.25) is 11.8 Å². The van der Waals surface area contributed by atoms with Crippen LogP contribution in [0.4, 0.5) is 11.4 Å². The van der Waals surface area contributed by atoms with Gasteiger partial charge in [-0.3, -0.25) is 14.4 Å². The topological polar surface area (TPSA) is 87.7 Å². The van der Waals surface area contributed by atoms with E-state index in [0.29, 0.717) is 30.1 Å². The van der Waals surface area contributed by atoms with E-state index in [2.05, 4.69) is 10.6 Å². The summed E-state index contributed by atoms with van der Waals surface area (Å²) in [6.07, 6.45) is 0.126. The van der Waals surface area contributed by atoms with Crippen molar-refractivity contribution >= 4 is 29.1 Å². The molecule has 0 radical (unpaired) electrons. The molecule has 7 heteroatoms. The van der Waals surface area contributed by atoms with Gasteiger partial charge in [0.25, 0.3) is 5.91 Å². The molecule has 0 saturated carbocycles. The highest BCUT2D eigenvalue weighted by Gasteiger charge is 2.35. The van der Waals surface area contributed by atoms with Gasteiger partial charge < -0.3 is 20.3 Å². The van der Waals surface area contributed by atoms with Crippen LogP contribution in [0.5, 0.6) is 5.75 Å². The summed E-state index contributed by atoms with van der Waals surface area (Å²) in [6, 6.07) is 14.0. The molecular weight excluding hydrogens is 358 g/mol. The number of nitrogens with zero attached hydrogens (tertiary/aromatic N) is 1. The zero-order chi connectivity index (χ0) is 20.1. The van der Waals surface area contributed by atoms with Crippen molar-refractivity contribution < 1.29 is 19.1 Å². The first-order valence-corrected chi connectivity index (χ1v) is 9.16. The first-order chi connectivity index (χ1) is 13.5. The number of hydrogen-bond acceptors (Lipinski definition) is 4. The number of anilines is 2. The standard InChI is InChI=1S/C21H23N3O4/c1-3-22-21(27)17-6-4-5-7-18(17)23-20(26)14-12-19(25)24(13-14)15-8-10-16(28-2)11-9-15/h4-11,14H,3,12-13H2,1-2H3,(H,22,27)(H,23,26)/t14-/m1/s1. The summed E-state index contributed by atoms with van der Waals surface area (Å²) in [6.45, 7) is 2.62. The first kappa shape index (κ1) is 19.4. The minimum Gasteiger partial charge on any atom is -0.497 e. The molecule has 7 nitrogen and oxygen atoms in total. The van der Waals surface area contributed by atoms with Crippen LogP contribution < -0.4 is 20.3 Å². The summed E-state index contributed by atoms with van der Waals surface area (Å²) in [5.41, 5.74) is 1.56. The van der Waals surface area contributed by atoms with Crippen molar-refractivity contribution in [2.45, 2.75) is 13.3 Å². The predicted molar refractivity (Wildman–Crippen MR) is 107 cm³/mol. The number of ether oxygens (including phenoxy) is 1. The fourth-order valence-corrected chi connectivity index (χ4v) is 3.18. The summed E-state index contributed by atoms with van der Waals surface area (Å²) in [5, 5.41) is 5.53. The van der Waals surface area contributed by atoms with E-state index in [0.717, 1.165) is 5.69 Å². The lowest BCUT2D eigenvalue weighted by molar-refractivity contribution is -0.122. The van der Waals surface area contributed by atoms with Crippen LogP contribution in [0.2, 0.25) is 0 Å². The molecule has 2 N–H and O–H groups in total. The number of carbonyl (C=O) groups is 3. The van der Waals surface area contributed by atoms with E-state index in [4.69, 9.17) is 4.74 Å². The number of para-hydroxylation sites is 1. The number of benzene rings is 2. The van der Waals surface area contributed by atoms with Crippen LogP contribution in [0, 0.1) is 5.92 Å². The maximum absolute atomic E-state index is 12.7. The summed E-state index contributed by atoms with van der Waals surface area (Å²) in [7, 11) is 1.58. The Balaban J connectivity index is 1.71. The Labute approximate surface area is 163 Å². The van der Waals surface area contributed by atoms with Crippen molar-refractivity contribution in [1.82, 2.24) is 5.32 Å². The van der Waals surface area contributed by atoms with Crippen molar-refractivity contribution in [3.63, 3.8) is 0 Å². The molecule has 0 spiro atoms. The number of hydrogen-bond donors (Lipinski definition) is 2. The molecular formula is C21H23N3O4. The van der Waals surface area contributed by atoms with E-state index in [1.807, 2.05) is 6.92 Å². The van der Waals surface area contributed by atoms with Gasteiger partial charge in [0.05, 0.1) is 24.3 Å². The van der Waals surface area contributed by atoms with Gasteiger partial charge in [0.15, 0.2) is 0 Å². The highest BCUT2D eigenvalue weighted by atomic mass is 16.5. The van der Waals surface area contributed by atoms with Gasteiger partial charge in [-0.15, -0.1) is 0 Å². The largest absolute Gasteiger partial charge is 0.497 e. The second-order valence-electron chi connectivity index (χ2n) is 6.50. The Kier molecular flexibility index (Phi) is 5.93. The van der Waals surface area contributed by atoms with Gasteiger partial charge in [0.1, 0.15) is 5.75 Å². The Bertz CT molecular complexity index is 879. The van der Waals surface area contributed by atoms with Gasteiger partial charge >= 0.3 is 0 Å². The Morgan fingerprint density at radius 1 is 1.14 bits per heavy atom. The third kappa shape index (κ3) is 4.14. The zero-order valence-electron chi connectivity index (χ0n) is 15.9. The molecule has 0 aliphatic carbocycles. The first-order valence-electron chi connectivity index (χ1n) is 9.16. The molecule has 1 atom stereocenters. The molecule has 1 aliphatic heterocycles. The van der Waals surface area contributed by atoms with Gasteiger partial charge in [-0.25, -0.2) is 0 Å². The molecule has 146 valence electrons. The van der Waals surface area contributed by atoms with Gasteiger partial charge in [-0.2, -0.15) is 0 Å². The van der Waals surface area contributed by atoms with Crippen molar-refractivity contribution in [3.05, 3.63) is 54.1 Å². The maximum atomic E-state index is 12.7. The SMILES string of the molecule is CCNC(=O)c1ccccc1NC(=O)[C@@H]1CC(=O)N(c2ccc(OC)cc2)C1. The van der Waals surface area contributed by atoms with E-state index in [1.165, 1.54) is 0 Å². The van der Waals surface area contributed by atoms with Crippen molar-refractivity contribution in [1.29, 1.82) is 0 Å². The highest BCUT2D eigenvalue weighted by Crippen LogP contribution is 2.28. The van der Waals surface area contributed by atoms with E-state index >= 15 is 0 Å². The van der Waals surface area contributed by atoms with Gasteiger partial charge in [-0.1, -0.05) is 12.1 Å². The zero-order valence-corrected chi connectivity index (χ0v) is 15.9. The van der Waals surface area contributed by atoms with E-state index in [-0.39, 0.29) is 24.1 Å². The number of rotatable bonds is 6. The molecule has 28 heavy (non-hydrogen) atoms. The normalized spacial score (nSPS) is 16.0. The predicted octanol–water partition coefficient (Wildman–Crippen LogP) is 2.44. The molecule has 2 aromatic rings. The van der Waals surface area contributed by atoms with Crippen molar-refractivity contribution in [2.75, 3.05) is 30.4 Å². The van der Waals surface area contributed by atoms with Crippen LogP contribution in [0.3, 0.4) is 0 Å². The lowest BCUT2D eigenvalue weighted by Gasteiger charge is -2.17. The molecule has 3 rings (SSSR count). The molecule has 2 aromatic carbocycles. The smallest absolute Gasteiger partial charge is 0.253 e. The minimum absolute atomic E-state index is 0.109.